The van der Waals surface area contributed by atoms with Crippen molar-refractivity contribution in [3.63, 3.8) is 0 Å². The molecule has 0 spiro atoms. The first-order valence-electron chi connectivity index (χ1n) is 5.85. The quantitative estimate of drug-likeness (QED) is 0.119. The van der Waals surface area contributed by atoms with Crippen molar-refractivity contribution in [2.75, 3.05) is 38.2 Å². The van der Waals surface area contributed by atoms with Crippen LogP contribution >= 0.6 is 30.4 Å². The van der Waals surface area contributed by atoms with Gasteiger partial charge >= 0.3 is 1.43 Å². The smallest absolute Gasteiger partial charge is 0.810 e. The second-order valence-corrected chi connectivity index (χ2v) is 10.8. The topological polar surface area (TPSA) is 515 Å². The largest absolute Gasteiger partial charge is 1.00 e. The van der Waals surface area contributed by atoms with Gasteiger partial charge in [0, 0.05) is 38.2 Å². The molecule has 0 aliphatic heterocycles. The first-order valence-corrected chi connectivity index (χ1v) is 12.8. The molecule has 0 aliphatic carbocycles. The molecule has 21 nitrogen and oxygen atoms in total. The summed E-state index contributed by atoms with van der Waals surface area (Å²) < 4.78 is 42.7. The monoisotopic (exact) mass is 555 g/mol. The first-order chi connectivity index (χ1) is 10.4. The van der Waals surface area contributed by atoms with Gasteiger partial charge < -0.3 is 100 Å². The van der Waals surface area contributed by atoms with Gasteiger partial charge in [0.15, 0.2) is 0 Å². The van der Waals surface area contributed by atoms with Gasteiger partial charge in [-0.2, -0.15) is 0 Å². The summed E-state index contributed by atoms with van der Waals surface area (Å²) in [5, 5.41) is 0. The highest BCUT2D eigenvalue weighted by Gasteiger charge is 2.14. The average molecular weight is 555 g/mol. The normalized spacial score (nSPS) is 11.3. The van der Waals surface area contributed by atoms with Crippen molar-refractivity contribution in [3.05, 3.63) is 0 Å². The maximum Gasteiger partial charge on any atom is 1.00 e. The molecule has 202 valence electrons. The Morgan fingerprint density at radius 3 is 0.645 bits per heavy atom. The van der Waals surface area contributed by atoms with Crippen LogP contribution in [0.2, 0.25) is 0 Å². The molecule has 0 bridgehead atoms. The Kier molecular flexibility index (Phi) is 33.6. The van der Waals surface area contributed by atoms with E-state index in [9.17, 15) is 57.4 Å². The Bertz CT molecular complexity index is 510. The third-order valence-corrected chi connectivity index (χ3v) is 5.21. The highest BCUT2D eigenvalue weighted by Crippen LogP contribution is 2.32. The lowest BCUT2D eigenvalue weighted by Gasteiger charge is -2.44. The third-order valence-electron chi connectivity index (χ3n) is 2.23. The summed E-state index contributed by atoms with van der Waals surface area (Å²) in [6.07, 6.45) is -5.63. The lowest BCUT2D eigenvalue weighted by atomic mass is 10.5. The summed E-state index contributed by atoms with van der Waals surface area (Å²) in [5.41, 5.74) is 0. The second kappa shape index (κ2) is 19.7. The summed E-state index contributed by atoms with van der Waals surface area (Å²) in [7, 11) is -21.2. The SMILES string of the molecule is O=P([O-])([O-])CN(CCN(CP(=O)([O-])[O-])CP(=O)([O-])[O-])CP(=O)([O-])[O-].[H+].[NH4+].[NH4+].[NH4+].[NH4+].[NH4+].[NH4+].[NH4+]. The lowest BCUT2D eigenvalue weighted by molar-refractivity contribution is -0.322. The molecule has 25 heteroatoms. The van der Waals surface area contributed by atoms with Gasteiger partial charge in [-0.05, 0) is 0 Å². The predicted molar refractivity (Wildman–Crippen MR) is 106 cm³/mol. The first kappa shape index (κ1) is 52.9. The summed E-state index contributed by atoms with van der Waals surface area (Å²) in [5.74, 6) is 0. The molecular weight excluding hydrogens is 514 g/mol. The van der Waals surface area contributed by atoms with Crippen LogP contribution in [0.3, 0.4) is 0 Å². The van der Waals surface area contributed by atoms with Crippen LogP contribution in [0.15, 0.2) is 0 Å². The van der Waals surface area contributed by atoms with Gasteiger partial charge in [0.25, 0.3) is 0 Å². The van der Waals surface area contributed by atoms with Crippen LogP contribution in [-0.2, 0) is 18.3 Å². The number of hydrogen-bond acceptors (Lipinski definition) is 14. The second-order valence-electron chi connectivity index (χ2n) is 4.80. The molecule has 0 aromatic rings. The summed E-state index contributed by atoms with van der Waals surface area (Å²) in [6.45, 7) is -1.55. The lowest BCUT2D eigenvalue weighted by Crippen LogP contribution is -2.43. The molecule has 0 radical (unpaired) electrons. The fourth-order valence-corrected chi connectivity index (χ4v) is 4.88. The molecule has 28 N–H and O–H groups in total. The van der Waals surface area contributed by atoms with Crippen molar-refractivity contribution in [1.29, 1.82) is 0 Å². The average Bonchev–Trinajstić information content (AvgIpc) is 2.16. The van der Waals surface area contributed by atoms with Gasteiger partial charge in [0.05, 0.1) is 0 Å². The van der Waals surface area contributed by atoms with E-state index in [2.05, 4.69) is 0 Å². The molecule has 0 amide bonds. The zero-order valence-corrected chi connectivity index (χ0v) is 22.4. The van der Waals surface area contributed by atoms with Crippen molar-refractivity contribution in [1.82, 2.24) is 52.9 Å². The van der Waals surface area contributed by atoms with Gasteiger partial charge in [0.2, 0.25) is 0 Å². The van der Waals surface area contributed by atoms with Crippen molar-refractivity contribution in [2.45, 2.75) is 0 Å². The Morgan fingerprint density at radius 2 is 0.548 bits per heavy atom. The Morgan fingerprint density at radius 1 is 0.419 bits per heavy atom. The van der Waals surface area contributed by atoms with E-state index in [1.165, 1.54) is 0 Å². The Labute approximate surface area is 181 Å². The third kappa shape index (κ3) is 37.9. The summed E-state index contributed by atoms with van der Waals surface area (Å²) >= 11 is 0. The molecule has 0 saturated carbocycles. The Hall–Kier alpha value is 0.240. The minimum atomic E-state index is -5.30. The van der Waals surface area contributed by atoms with Crippen LogP contribution in [0.5, 0.6) is 0 Å². The van der Waals surface area contributed by atoms with Crippen LogP contribution in [-0.4, -0.2) is 48.0 Å². The molecule has 0 aliphatic rings. The van der Waals surface area contributed by atoms with Crippen molar-refractivity contribution < 1.29 is 58.8 Å². The van der Waals surface area contributed by atoms with E-state index < -0.39 is 68.6 Å². The minimum absolute atomic E-state index is 0. The van der Waals surface area contributed by atoms with Crippen LogP contribution in [0.25, 0.3) is 0 Å². The molecule has 0 atom stereocenters. The van der Waals surface area contributed by atoms with Crippen LogP contribution in [0.4, 0.5) is 0 Å². The zero-order valence-electron chi connectivity index (χ0n) is 19.8. The molecule has 0 unspecified atom stereocenters. The number of nitrogens with zero attached hydrogens (tertiary/aromatic N) is 2. The highest BCUT2D eigenvalue weighted by molar-refractivity contribution is 7.50. The minimum Gasteiger partial charge on any atom is -0.810 e. The van der Waals surface area contributed by atoms with E-state index in [0.29, 0.717) is 9.80 Å². The van der Waals surface area contributed by atoms with Crippen LogP contribution < -0.4 is 82.2 Å². The van der Waals surface area contributed by atoms with E-state index in [1.54, 1.807) is 0 Å². The van der Waals surface area contributed by atoms with Gasteiger partial charge in [-0.1, -0.05) is 30.4 Å². The summed E-state index contributed by atoms with van der Waals surface area (Å²) in [6, 6.07) is 0. The highest BCUT2D eigenvalue weighted by atomic mass is 31.2. The van der Waals surface area contributed by atoms with Gasteiger partial charge in [-0.3, -0.25) is 9.80 Å². The number of rotatable bonds is 11. The zero-order chi connectivity index (χ0) is 19.4. The van der Waals surface area contributed by atoms with Crippen molar-refractivity contribution in [2.24, 2.45) is 0 Å². The van der Waals surface area contributed by atoms with Crippen LogP contribution in [0.1, 0.15) is 1.43 Å². The van der Waals surface area contributed by atoms with Crippen molar-refractivity contribution in [3.8, 4) is 0 Å². The summed E-state index contributed by atoms with van der Waals surface area (Å²) in [4.78, 5) is 85.9. The van der Waals surface area contributed by atoms with E-state index in [-0.39, 0.29) is 44.5 Å². The fourth-order valence-electron chi connectivity index (χ4n) is 1.63. The predicted octanol–water partition coefficient (Wildman–Crippen LogP) is -4.18. The molecule has 0 rings (SSSR count). The van der Waals surface area contributed by atoms with E-state index >= 15 is 0 Å². The van der Waals surface area contributed by atoms with Gasteiger partial charge in [-0.15, -0.1) is 0 Å². The molecule has 0 heterocycles. The molecule has 31 heavy (non-hydrogen) atoms. The van der Waals surface area contributed by atoms with E-state index in [0.717, 1.165) is 0 Å². The standard InChI is InChI=1S/C6H20N2O12P4.7H3N/c9-21(10,11)3-7(4-22(12,13)14)1-2-8(5-23(15,16)17)6-24(18,19)20;;;;;;;/h1-6H2,(H2,9,10,11)(H2,12,13,14)(H2,15,16,17)(H2,18,19,20);7*1H3. The molecular formula is C6H41N9O12P4. The molecule has 0 aromatic carbocycles. The fraction of sp³-hybridized carbons (Fsp3) is 1.00. The van der Waals surface area contributed by atoms with E-state index in [1.807, 2.05) is 0 Å². The maximum atomic E-state index is 10.7. The molecule has 0 fully saturated rings. The van der Waals surface area contributed by atoms with Gasteiger partial charge in [0.1, 0.15) is 0 Å². The molecule has 0 saturated heterocycles. The van der Waals surface area contributed by atoms with Gasteiger partial charge in [-0.25, -0.2) is 0 Å². The van der Waals surface area contributed by atoms with Crippen molar-refractivity contribution >= 4 is 30.4 Å². The van der Waals surface area contributed by atoms with Crippen LogP contribution in [0, 0.1) is 0 Å². The number of quaternary nitrogens is 7. The molecule has 0 aromatic heterocycles. The number of hydrogen-bond donors (Lipinski definition) is 7. The Balaban J connectivity index is -0.0000000945. The maximum absolute atomic E-state index is 10.7. The van der Waals surface area contributed by atoms with E-state index in [4.69, 9.17) is 0 Å².